The van der Waals surface area contributed by atoms with Crippen LogP contribution in [-0.4, -0.2) is 41.2 Å². The topological polar surface area (TPSA) is 67.6 Å². The molecule has 0 aliphatic carbocycles. The Balaban J connectivity index is 1.69. The van der Waals surface area contributed by atoms with Crippen LogP contribution in [0.5, 0.6) is 0 Å². The van der Waals surface area contributed by atoms with E-state index in [9.17, 15) is 21.6 Å². The monoisotopic (exact) mass is 408 g/mol. The van der Waals surface area contributed by atoms with E-state index in [2.05, 4.69) is 9.50 Å². The number of aryl methyl sites for hydroxylation is 1. The largest absolute Gasteiger partial charge is 0.435 e. The first-order valence-electron chi connectivity index (χ1n) is 8.37. The summed E-state index contributed by atoms with van der Waals surface area (Å²) in [6.07, 6.45) is 0.806. The zero-order valence-corrected chi connectivity index (χ0v) is 15.5. The van der Waals surface area contributed by atoms with Gasteiger partial charge in [-0.2, -0.15) is 18.3 Å². The number of allylic oxidation sites excluding steroid dienone is 2. The number of fused-ring (bicyclic) bond motifs is 1. The predicted molar refractivity (Wildman–Crippen MR) is 98.3 cm³/mol. The molecule has 0 unspecified atom stereocenters. The van der Waals surface area contributed by atoms with E-state index in [1.165, 1.54) is 4.68 Å². The summed E-state index contributed by atoms with van der Waals surface area (Å²) in [6, 6.07) is 7.67. The Hall–Kier alpha value is -2.88. The van der Waals surface area contributed by atoms with Crippen LogP contribution in [0.3, 0.4) is 0 Å². The van der Waals surface area contributed by atoms with Gasteiger partial charge in [-0.3, -0.25) is 0 Å². The Morgan fingerprint density at radius 2 is 1.86 bits per heavy atom. The van der Waals surface area contributed by atoms with Gasteiger partial charge < -0.3 is 4.90 Å². The van der Waals surface area contributed by atoms with E-state index >= 15 is 0 Å². The summed E-state index contributed by atoms with van der Waals surface area (Å²) in [4.78, 5) is 1.76. The minimum atomic E-state index is -4.51. The van der Waals surface area contributed by atoms with Gasteiger partial charge in [-0.15, -0.1) is 4.40 Å². The van der Waals surface area contributed by atoms with Crippen LogP contribution in [-0.2, 0) is 16.2 Å². The summed E-state index contributed by atoms with van der Waals surface area (Å²) in [5, 5.41) is 3.63. The van der Waals surface area contributed by atoms with Crippen molar-refractivity contribution in [1.29, 1.82) is 0 Å². The van der Waals surface area contributed by atoms with Gasteiger partial charge in [0.25, 0.3) is 10.0 Å². The fourth-order valence-electron chi connectivity index (χ4n) is 3.10. The SMILES string of the molecule is Cc1cc(C(F)(F)F)nn1-c1ccc(C2=CC=CN3CCS(=O)(=O)N=C23)cc1. The van der Waals surface area contributed by atoms with Crippen molar-refractivity contribution in [2.24, 2.45) is 4.40 Å². The second-order valence-corrected chi connectivity index (χ2v) is 8.20. The zero-order valence-electron chi connectivity index (χ0n) is 14.7. The number of hydrogen-bond acceptors (Lipinski definition) is 4. The van der Waals surface area contributed by atoms with Crippen molar-refractivity contribution in [3.8, 4) is 5.69 Å². The number of rotatable bonds is 2. The molecular weight excluding hydrogens is 393 g/mol. The van der Waals surface area contributed by atoms with Crippen molar-refractivity contribution in [2.45, 2.75) is 13.1 Å². The van der Waals surface area contributed by atoms with E-state index in [1.54, 1.807) is 54.4 Å². The second kappa shape index (κ2) is 6.33. The van der Waals surface area contributed by atoms with Gasteiger partial charge in [0.2, 0.25) is 0 Å². The summed E-state index contributed by atoms with van der Waals surface area (Å²) < 4.78 is 67.4. The Bertz CT molecular complexity index is 1130. The molecule has 6 nitrogen and oxygen atoms in total. The number of amidine groups is 1. The Labute approximate surface area is 159 Å². The lowest BCUT2D eigenvalue weighted by molar-refractivity contribution is -0.141. The molecule has 0 amide bonds. The average molecular weight is 408 g/mol. The lowest BCUT2D eigenvalue weighted by atomic mass is 10.0. The fraction of sp³-hybridized carbons (Fsp3) is 0.222. The lowest BCUT2D eigenvalue weighted by Gasteiger charge is -2.29. The van der Waals surface area contributed by atoms with Crippen LogP contribution in [0.2, 0.25) is 0 Å². The number of benzene rings is 1. The van der Waals surface area contributed by atoms with Crippen molar-refractivity contribution < 1.29 is 21.6 Å². The summed E-state index contributed by atoms with van der Waals surface area (Å²) in [5.74, 6) is 0.295. The Kier molecular flexibility index (Phi) is 4.18. The molecule has 0 N–H and O–H groups in total. The van der Waals surface area contributed by atoms with E-state index in [0.717, 1.165) is 6.07 Å². The molecule has 0 radical (unpaired) electrons. The van der Waals surface area contributed by atoms with Crippen molar-refractivity contribution in [3.05, 3.63) is 65.6 Å². The summed E-state index contributed by atoms with van der Waals surface area (Å²) in [5.41, 5.74) is 1.21. The maximum Gasteiger partial charge on any atom is 0.435 e. The van der Waals surface area contributed by atoms with Crippen LogP contribution < -0.4 is 0 Å². The van der Waals surface area contributed by atoms with Gasteiger partial charge in [-0.05, 0) is 42.8 Å². The highest BCUT2D eigenvalue weighted by molar-refractivity contribution is 7.90. The van der Waals surface area contributed by atoms with Gasteiger partial charge in [0.15, 0.2) is 11.5 Å². The molecule has 0 spiro atoms. The van der Waals surface area contributed by atoms with Crippen LogP contribution in [0.25, 0.3) is 11.3 Å². The lowest BCUT2D eigenvalue weighted by Crippen LogP contribution is -2.37. The summed E-state index contributed by atoms with van der Waals surface area (Å²) in [6.45, 7) is 1.86. The zero-order chi connectivity index (χ0) is 20.1. The number of halogens is 3. The first-order chi connectivity index (χ1) is 13.1. The van der Waals surface area contributed by atoms with Crippen molar-refractivity contribution >= 4 is 21.4 Å². The number of aromatic nitrogens is 2. The van der Waals surface area contributed by atoms with Crippen LogP contribution in [0, 0.1) is 6.92 Å². The second-order valence-electron chi connectivity index (χ2n) is 6.44. The van der Waals surface area contributed by atoms with E-state index in [-0.39, 0.29) is 5.75 Å². The molecule has 0 bridgehead atoms. The van der Waals surface area contributed by atoms with E-state index in [1.807, 2.05) is 0 Å². The minimum Gasteiger partial charge on any atom is -0.331 e. The van der Waals surface area contributed by atoms with E-state index in [4.69, 9.17) is 0 Å². The Morgan fingerprint density at radius 1 is 1.14 bits per heavy atom. The molecule has 2 aliphatic rings. The van der Waals surface area contributed by atoms with Gasteiger partial charge in [-0.1, -0.05) is 12.1 Å². The predicted octanol–water partition coefficient (Wildman–Crippen LogP) is 3.15. The van der Waals surface area contributed by atoms with Gasteiger partial charge in [0.05, 0.1) is 11.4 Å². The van der Waals surface area contributed by atoms with E-state index in [0.29, 0.717) is 34.9 Å². The van der Waals surface area contributed by atoms with Gasteiger partial charge in [0, 0.05) is 24.0 Å². The normalized spacial score (nSPS) is 18.5. The van der Waals surface area contributed by atoms with Crippen molar-refractivity contribution in [2.75, 3.05) is 12.3 Å². The average Bonchev–Trinajstić information content (AvgIpc) is 3.03. The molecule has 0 atom stereocenters. The first kappa shape index (κ1) is 18.5. The molecule has 0 saturated heterocycles. The first-order valence-corrected chi connectivity index (χ1v) is 9.98. The van der Waals surface area contributed by atoms with Crippen LogP contribution in [0.4, 0.5) is 13.2 Å². The maximum atomic E-state index is 12.9. The molecule has 3 heterocycles. The highest BCUT2D eigenvalue weighted by Crippen LogP contribution is 2.30. The molecule has 2 aromatic rings. The third kappa shape index (κ3) is 3.35. The molecule has 2 aliphatic heterocycles. The smallest absolute Gasteiger partial charge is 0.331 e. The molecular formula is C18H15F3N4O2S. The molecule has 1 aromatic carbocycles. The van der Waals surface area contributed by atoms with E-state index < -0.39 is 21.9 Å². The summed E-state index contributed by atoms with van der Waals surface area (Å²) in [7, 11) is -3.51. The van der Waals surface area contributed by atoms with Crippen LogP contribution >= 0.6 is 0 Å². The molecule has 28 heavy (non-hydrogen) atoms. The fourth-order valence-corrected chi connectivity index (χ4v) is 4.08. The van der Waals surface area contributed by atoms with Gasteiger partial charge in [-0.25, -0.2) is 13.1 Å². The standard InChI is InChI=1S/C18H15F3N4O2S/c1-12-11-16(18(19,20)21)22-25(12)14-6-4-13(5-7-14)15-3-2-8-24-9-10-28(26,27)23-17(15)24/h2-8,11H,9-10H2,1H3. The van der Waals surface area contributed by atoms with Gasteiger partial charge >= 0.3 is 6.18 Å². The van der Waals surface area contributed by atoms with Crippen LogP contribution in [0.1, 0.15) is 17.0 Å². The highest BCUT2D eigenvalue weighted by atomic mass is 32.2. The van der Waals surface area contributed by atoms with Gasteiger partial charge in [0.1, 0.15) is 0 Å². The number of alkyl halides is 3. The van der Waals surface area contributed by atoms with Crippen molar-refractivity contribution in [3.63, 3.8) is 0 Å². The molecule has 0 saturated carbocycles. The molecule has 10 heteroatoms. The third-order valence-corrected chi connectivity index (χ3v) is 5.61. The number of sulfonamides is 1. The molecule has 0 fully saturated rings. The third-order valence-electron chi connectivity index (χ3n) is 4.46. The Morgan fingerprint density at radius 3 is 2.50 bits per heavy atom. The number of nitrogens with zero attached hydrogens (tertiary/aromatic N) is 4. The van der Waals surface area contributed by atoms with Crippen LogP contribution in [0.15, 0.2) is 53.1 Å². The minimum absolute atomic E-state index is 0.0484. The highest BCUT2D eigenvalue weighted by Gasteiger charge is 2.34. The quantitative estimate of drug-likeness (QED) is 0.766. The molecule has 4 rings (SSSR count). The maximum absolute atomic E-state index is 12.9. The number of hydrogen-bond donors (Lipinski definition) is 0. The summed E-state index contributed by atoms with van der Waals surface area (Å²) >= 11 is 0. The van der Waals surface area contributed by atoms with Crippen molar-refractivity contribution in [1.82, 2.24) is 14.7 Å². The molecule has 146 valence electrons. The molecule has 1 aromatic heterocycles.